The minimum absolute atomic E-state index is 0.0274. The average Bonchev–Trinajstić information content (AvgIpc) is 2.30. The average molecular weight is 250 g/mol. The van der Waals surface area contributed by atoms with Gasteiger partial charge in [0.05, 0.1) is 6.54 Å². The third-order valence-corrected chi connectivity index (χ3v) is 2.73. The minimum Gasteiger partial charge on any atom is -0.480 e. The number of hydrogen-bond acceptors (Lipinski definition) is 3. The van der Waals surface area contributed by atoms with Gasteiger partial charge in [0, 0.05) is 5.69 Å². The zero-order chi connectivity index (χ0) is 13.7. The molecule has 0 radical (unpaired) electrons. The number of nitrogens with one attached hydrogen (secondary N) is 2. The first-order valence-electron chi connectivity index (χ1n) is 5.73. The van der Waals surface area contributed by atoms with Gasteiger partial charge in [-0.3, -0.25) is 14.9 Å². The van der Waals surface area contributed by atoms with E-state index in [1.165, 1.54) is 6.92 Å². The Hall–Kier alpha value is -1.88. The van der Waals surface area contributed by atoms with Gasteiger partial charge in [-0.05, 0) is 44.0 Å². The summed E-state index contributed by atoms with van der Waals surface area (Å²) in [5.74, 6) is -1.24. The van der Waals surface area contributed by atoms with E-state index in [1.807, 2.05) is 32.0 Å². The largest absolute Gasteiger partial charge is 0.480 e. The lowest BCUT2D eigenvalue weighted by Crippen LogP contribution is -2.39. The molecule has 0 aromatic heterocycles. The lowest BCUT2D eigenvalue weighted by molar-refractivity contribution is -0.139. The maximum Gasteiger partial charge on any atom is 0.320 e. The van der Waals surface area contributed by atoms with E-state index in [1.54, 1.807) is 0 Å². The topological polar surface area (TPSA) is 78.4 Å². The normalized spacial score (nSPS) is 11.9. The van der Waals surface area contributed by atoms with Crippen molar-refractivity contribution in [2.45, 2.75) is 26.8 Å². The molecule has 98 valence electrons. The van der Waals surface area contributed by atoms with Gasteiger partial charge in [0.15, 0.2) is 0 Å². The van der Waals surface area contributed by atoms with E-state index in [0.717, 1.165) is 11.1 Å². The summed E-state index contributed by atoms with van der Waals surface area (Å²) < 4.78 is 0. The zero-order valence-electron chi connectivity index (χ0n) is 10.8. The minimum atomic E-state index is -0.978. The van der Waals surface area contributed by atoms with Crippen molar-refractivity contribution in [2.75, 3.05) is 11.9 Å². The fourth-order valence-electron chi connectivity index (χ4n) is 1.36. The molecule has 1 aromatic rings. The molecule has 1 amide bonds. The second-order valence-corrected chi connectivity index (χ2v) is 4.29. The van der Waals surface area contributed by atoms with Crippen LogP contribution in [0, 0.1) is 13.8 Å². The second kappa shape index (κ2) is 6.16. The molecule has 0 heterocycles. The lowest BCUT2D eigenvalue weighted by Gasteiger charge is -2.10. The Bertz CT molecular complexity index is 458. The molecule has 1 unspecified atom stereocenters. The SMILES string of the molecule is Cc1ccc(NC(=O)CNC(C)C(=O)O)cc1C. The van der Waals surface area contributed by atoms with Crippen LogP contribution in [0.2, 0.25) is 0 Å². The quantitative estimate of drug-likeness (QED) is 0.736. The van der Waals surface area contributed by atoms with Gasteiger partial charge in [-0.1, -0.05) is 6.07 Å². The Morgan fingerprint density at radius 2 is 1.94 bits per heavy atom. The number of carbonyl (C=O) groups excluding carboxylic acids is 1. The van der Waals surface area contributed by atoms with Crippen LogP contribution in [0.15, 0.2) is 18.2 Å². The van der Waals surface area contributed by atoms with Crippen LogP contribution in [-0.2, 0) is 9.59 Å². The molecular weight excluding hydrogens is 232 g/mol. The molecule has 3 N–H and O–H groups in total. The molecule has 1 atom stereocenters. The second-order valence-electron chi connectivity index (χ2n) is 4.29. The Kier molecular flexibility index (Phi) is 4.85. The lowest BCUT2D eigenvalue weighted by atomic mass is 10.1. The number of hydrogen-bond donors (Lipinski definition) is 3. The number of carbonyl (C=O) groups is 2. The Balaban J connectivity index is 2.49. The highest BCUT2D eigenvalue weighted by Crippen LogP contribution is 2.13. The smallest absolute Gasteiger partial charge is 0.320 e. The predicted octanol–water partition coefficient (Wildman–Crippen LogP) is 1.30. The van der Waals surface area contributed by atoms with Gasteiger partial charge in [-0.15, -0.1) is 0 Å². The summed E-state index contributed by atoms with van der Waals surface area (Å²) in [6.07, 6.45) is 0. The number of aliphatic carboxylic acids is 1. The number of rotatable bonds is 5. The summed E-state index contributed by atoms with van der Waals surface area (Å²) in [6.45, 7) is 5.43. The first-order chi connectivity index (χ1) is 8.40. The van der Waals surface area contributed by atoms with Crippen molar-refractivity contribution in [2.24, 2.45) is 0 Å². The zero-order valence-corrected chi connectivity index (χ0v) is 10.8. The van der Waals surface area contributed by atoms with E-state index in [-0.39, 0.29) is 12.5 Å². The van der Waals surface area contributed by atoms with Crippen molar-refractivity contribution in [3.05, 3.63) is 29.3 Å². The fraction of sp³-hybridized carbons (Fsp3) is 0.385. The third-order valence-electron chi connectivity index (χ3n) is 2.73. The van der Waals surface area contributed by atoms with Crippen LogP contribution in [0.3, 0.4) is 0 Å². The summed E-state index contributed by atoms with van der Waals surface area (Å²) in [4.78, 5) is 22.1. The summed E-state index contributed by atoms with van der Waals surface area (Å²) in [7, 11) is 0. The van der Waals surface area contributed by atoms with E-state index in [2.05, 4.69) is 10.6 Å². The van der Waals surface area contributed by atoms with Crippen molar-refractivity contribution < 1.29 is 14.7 Å². The number of carboxylic acid groups (broad SMARTS) is 1. The van der Waals surface area contributed by atoms with Gasteiger partial charge >= 0.3 is 5.97 Å². The monoisotopic (exact) mass is 250 g/mol. The van der Waals surface area contributed by atoms with Gasteiger partial charge in [-0.25, -0.2) is 0 Å². The fourth-order valence-corrected chi connectivity index (χ4v) is 1.36. The van der Waals surface area contributed by atoms with Crippen LogP contribution in [0.5, 0.6) is 0 Å². The maximum atomic E-state index is 11.6. The Morgan fingerprint density at radius 3 is 2.50 bits per heavy atom. The molecule has 0 aliphatic carbocycles. The molecule has 18 heavy (non-hydrogen) atoms. The van der Waals surface area contributed by atoms with Crippen LogP contribution in [0.1, 0.15) is 18.1 Å². The summed E-state index contributed by atoms with van der Waals surface area (Å²) in [6, 6.07) is 4.89. The summed E-state index contributed by atoms with van der Waals surface area (Å²) in [5, 5.41) is 14.0. The molecule has 5 nitrogen and oxygen atoms in total. The molecule has 0 spiro atoms. The van der Waals surface area contributed by atoms with E-state index < -0.39 is 12.0 Å². The van der Waals surface area contributed by atoms with Crippen molar-refractivity contribution in [1.29, 1.82) is 0 Å². The molecule has 0 aliphatic heterocycles. The maximum absolute atomic E-state index is 11.6. The number of carboxylic acids is 1. The third kappa shape index (κ3) is 4.18. The van der Waals surface area contributed by atoms with Crippen LogP contribution < -0.4 is 10.6 Å². The standard InChI is InChI=1S/C13H18N2O3/c1-8-4-5-11(6-9(8)2)15-12(16)7-14-10(3)13(17)18/h4-6,10,14H,7H2,1-3H3,(H,15,16)(H,17,18). The Labute approximate surface area is 106 Å². The van der Waals surface area contributed by atoms with Gasteiger partial charge < -0.3 is 10.4 Å². The van der Waals surface area contributed by atoms with Crippen LogP contribution >= 0.6 is 0 Å². The van der Waals surface area contributed by atoms with E-state index in [0.29, 0.717) is 5.69 Å². The highest BCUT2D eigenvalue weighted by Gasteiger charge is 2.11. The number of benzene rings is 1. The van der Waals surface area contributed by atoms with Gasteiger partial charge in [-0.2, -0.15) is 0 Å². The Morgan fingerprint density at radius 1 is 1.28 bits per heavy atom. The molecule has 0 fully saturated rings. The van der Waals surface area contributed by atoms with E-state index in [9.17, 15) is 9.59 Å². The van der Waals surface area contributed by atoms with Gasteiger partial charge in [0.25, 0.3) is 0 Å². The van der Waals surface area contributed by atoms with Crippen molar-refractivity contribution in [3.63, 3.8) is 0 Å². The molecule has 5 heteroatoms. The molecule has 1 rings (SSSR count). The summed E-state index contributed by atoms with van der Waals surface area (Å²) in [5.41, 5.74) is 2.97. The van der Waals surface area contributed by atoms with E-state index >= 15 is 0 Å². The molecular formula is C13H18N2O3. The first kappa shape index (κ1) is 14.2. The molecule has 0 saturated heterocycles. The molecule has 0 aliphatic rings. The molecule has 0 saturated carbocycles. The highest BCUT2D eigenvalue weighted by molar-refractivity contribution is 5.92. The number of amides is 1. The van der Waals surface area contributed by atoms with Gasteiger partial charge in [0.1, 0.15) is 6.04 Å². The van der Waals surface area contributed by atoms with Crippen molar-refractivity contribution in [3.8, 4) is 0 Å². The first-order valence-corrected chi connectivity index (χ1v) is 5.73. The van der Waals surface area contributed by atoms with Gasteiger partial charge in [0.2, 0.25) is 5.91 Å². The molecule has 0 bridgehead atoms. The highest BCUT2D eigenvalue weighted by atomic mass is 16.4. The number of aryl methyl sites for hydroxylation is 2. The molecule has 1 aromatic carbocycles. The summed E-state index contributed by atoms with van der Waals surface area (Å²) >= 11 is 0. The van der Waals surface area contributed by atoms with Crippen molar-refractivity contribution in [1.82, 2.24) is 5.32 Å². The van der Waals surface area contributed by atoms with E-state index in [4.69, 9.17) is 5.11 Å². The predicted molar refractivity (Wildman–Crippen MR) is 69.6 cm³/mol. The van der Waals surface area contributed by atoms with Crippen LogP contribution in [0.4, 0.5) is 5.69 Å². The van der Waals surface area contributed by atoms with Crippen LogP contribution in [-0.4, -0.2) is 29.6 Å². The van der Waals surface area contributed by atoms with Crippen LogP contribution in [0.25, 0.3) is 0 Å². The van der Waals surface area contributed by atoms with Crippen molar-refractivity contribution >= 4 is 17.6 Å². The number of anilines is 1.